The van der Waals surface area contributed by atoms with Crippen molar-refractivity contribution in [3.63, 3.8) is 0 Å². The van der Waals surface area contributed by atoms with Crippen LogP contribution in [0.3, 0.4) is 0 Å². The Balaban J connectivity index is 0.00000264. The quantitative estimate of drug-likeness (QED) is 0.692. The summed E-state index contributed by atoms with van der Waals surface area (Å²) in [5.74, 6) is 0. The van der Waals surface area contributed by atoms with E-state index in [2.05, 4.69) is 18.3 Å². The topological polar surface area (TPSA) is 32.3 Å². The summed E-state index contributed by atoms with van der Waals surface area (Å²) in [6, 6.07) is 19.9. The molecule has 124 valence electrons. The Hall–Kier alpha value is -1.61. The maximum Gasteiger partial charge on any atom is 0.104 e. The van der Waals surface area contributed by atoms with E-state index in [4.69, 9.17) is 0 Å². The highest BCUT2D eigenvalue weighted by Gasteiger charge is 2.14. The summed E-state index contributed by atoms with van der Waals surface area (Å²) in [6.07, 6.45) is 3.87. The zero-order valence-corrected chi connectivity index (χ0v) is 14.4. The molecular weight excluding hydrogens is 306 g/mol. The fraction of sp³-hybridized carbons (Fsp3) is 0.300. The average Bonchev–Trinajstić information content (AvgIpc) is 2.59. The van der Waals surface area contributed by atoms with Gasteiger partial charge in [-0.1, -0.05) is 80.1 Å². The Labute approximate surface area is 145 Å². The van der Waals surface area contributed by atoms with Crippen LogP contribution in [0.1, 0.15) is 37.0 Å². The van der Waals surface area contributed by atoms with E-state index < -0.39 is 6.10 Å². The van der Waals surface area contributed by atoms with E-state index in [1.165, 1.54) is 12.8 Å². The van der Waals surface area contributed by atoms with Crippen molar-refractivity contribution < 1.29 is 5.11 Å². The second kappa shape index (κ2) is 11.0. The molecule has 0 aliphatic rings. The molecular formula is C20H26ClNO. The molecule has 0 aliphatic heterocycles. The number of hydrogen-bond donors (Lipinski definition) is 2. The molecule has 2 aromatic carbocycles. The minimum absolute atomic E-state index is 0. The highest BCUT2D eigenvalue weighted by molar-refractivity contribution is 5.85. The van der Waals surface area contributed by atoms with Crippen molar-refractivity contribution in [2.45, 2.75) is 25.9 Å². The van der Waals surface area contributed by atoms with Gasteiger partial charge in [-0.15, -0.1) is 12.4 Å². The van der Waals surface area contributed by atoms with E-state index >= 15 is 0 Å². The van der Waals surface area contributed by atoms with Crippen molar-refractivity contribution >= 4 is 18.0 Å². The van der Waals surface area contributed by atoms with Gasteiger partial charge in [-0.2, -0.15) is 0 Å². The molecule has 2 rings (SSSR count). The van der Waals surface area contributed by atoms with E-state index in [0.717, 1.165) is 29.8 Å². The molecule has 2 nitrogen and oxygen atoms in total. The zero-order valence-electron chi connectivity index (χ0n) is 13.6. The molecule has 0 aliphatic carbocycles. The van der Waals surface area contributed by atoms with Crippen LogP contribution in [0.15, 0.2) is 66.7 Å². The number of unbranched alkanes of at least 4 members (excludes halogenated alkanes) is 1. The Morgan fingerprint density at radius 3 is 2.26 bits per heavy atom. The number of halogens is 1. The van der Waals surface area contributed by atoms with Crippen molar-refractivity contribution in [3.05, 3.63) is 77.9 Å². The molecule has 0 bridgehead atoms. The first-order valence-corrected chi connectivity index (χ1v) is 8.02. The van der Waals surface area contributed by atoms with Gasteiger partial charge in [-0.25, -0.2) is 0 Å². The van der Waals surface area contributed by atoms with Gasteiger partial charge in [0.15, 0.2) is 0 Å². The number of aliphatic hydroxyl groups excluding tert-OH is 1. The van der Waals surface area contributed by atoms with Gasteiger partial charge in [0, 0.05) is 6.54 Å². The van der Waals surface area contributed by atoms with Crippen molar-refractivity contribution in [2.24, 2.45) is 0 Å². The number of rotatable bonds is 8. The number of nitrogens with one attached hydrogen (secondary N) is 1. The highest BCUT2D eigenvalue weighted by Crippen LogP contribution is 2.29. The first-order chi connectivity index (χ1) is 10.8. The second-order valence-electron chi connectivity index (χ2n) is 5.40. The monoisotopic (exact) mass is 331 g/mol. The van der Waals surface area contributed by atoms with Gasteiger partial charge < -0.3 is 10.4 Å². The Kier molecular flexibility index (Phi) is 9.30. The van der Waals surface area contributed by atoms with Crippen LogP contribution >= 0.6 is 12.4 Å². The highest BCUT2D eigenvalue weighted by atomic mass is 35.5. The van der Waals surface area contributed by atoms with Gasteiger partial charge >= 0.3 is 0 Å². The van der Waals surface area contributed by atoms with Crippen LogP contribution in [-0.2, 0) is 0 Å². The largest absolute Gasteiger partial charge is 0.384 e. The van der Waals surface area contributed by atoms with Crippen molar-refractivity contribution in [1.29, 1.82) is 0 Å². The summed E-state index contributed by atoms with van der Waals surface area (Å²) in [7, 11) is 0. The predicted octanol–water partition coefficient (Wildman–Crippen LogP) is 4.62. The van der Waals surface area contributed by atoms with E-state index in [1.807, 2.05) is 60.7 Å². The van der Waals surface area contributed by atoms with Crippen LogP contribution in [0.4, 0.5) is 0 Å². The summed E-state index contributed by atoms with van der Waals surface area (Å²) in [5, 5.41) is 14.1. The second-order valence-corrected chi connectivity index (χ2v) is 5.40. The Morgan fingerprint density at radius 2 is 1.65 bits per heavy atom. The van der Waals surface area contributed by atoms with Gasteiger partial charge in [0.05, 0.1) is 0 Å². The van der Waals surface area contributed by atoms with Gasteiger partial charge in [0.2, 0.25) is 0 Å². The molecule has 0 heterocycles. The van der Waals surface area contributed by atoms with Crippen molar-refractivity contribution in [3.8, 4) is 0 Å². The molecule has 0 spiro atoms. The number of hydrogen-bond acceptors (Lipinski definition) is 2. The minimum atomic E-state index is -0.600. The third-order valence-electron chi connectivity index (χ3n) is 3.69. The average molecular weight is 332 g/mol. The molecule has 1 unspecified atom stereocenters. The van der Waals surface area contributed by atoms with Gasteiger partial charge in [0.25, 0.3) is 0 Å². The Morgan fingerprint density at radius 1 is 1.04 bits per heavy atom. The van der Waals surface area contributed by atoms with Crippen LogP contribution in [0.5, 0.6) is 0 Å². The van der Waals surface area contributed by atoms with E-state index in [0.29, 0.717) is 0 Å². The molecule has 0 aromatic heterocycles. The molecule has 2 aromatic rings. The van der Waals surface area contributed by atoms with Crippen LogP contribution in [0.2, 0.25) is 0 Å². The fourth-order valence-electron chi connectivity index (χ4n) is 2.42. The predicted molar refractivity (Wildman–Crippen MR) is 101 cm³/mol. The maximum atomic E-state index is 10.7. The SMILES string of the molecule is CCCCNCC=C(c1ccccc1)C(O)c1ccccc1.Cl. The lowest BCUT2D eigenvalue weighted by atomic mass is 9.95. The standard InChI is InChI=1S/C20H25NO.ClH/c1-2-3-15-21-16-14-19(17-10-6-4-7-11-17)20(22)18-12-8-5-9-13-18;/h4-14,20-22H,2-3,15-16H2,1H3;1H. The van der Waals surface area contributed by atoms with Crippen molar-refractivity contribution in [1.82, 2.24) is 5.32 Å². The molecule has 0 radical (unpaired) electrons. The van der Waals surface area contributed by atoms with E-state index in [1.54, 1.807) is 0 Å². The molecule has 0 saturated carbocycles. The first kappa shape index (κ1) is 19.4. The summed E-state index contributed by atoms with van der Waals surface area (Å²) >= 11 is 0. The third kappa shape index (κ3) is 6.19. The third-order valence-corrected chi connectivity index (χ3v) is 3.69. The van der Waals surface area contributed by atoms with E-state index in [9.17, 15) is 5.11 Å². The molecule has 23 heavy (non-hydrogen) atoms. The first-order valence-electron chi connectivity index (χ1n) is 8.02. The molecule has 0 saturated heterocycles. The van der Waals surface area contributed by atoms with Gasteiger partial charge in [0.1, 0.15) is 6.10 Å². The molecule has 3 heteroatoms. The molecule has 0 fully saturated rings. The van der Waals surface area contributed by atoms with Crippen LogP contribution < -0.4 is 5.32 Å². The number of aliphatic hydroxyl groups is 1. The zero-order chi connectivity index (χ0) is 15.6. The molecule has 0 amide bonds. The van der Waals surface area contributed by atoms with Crippen LogP contribution in [0.25, 0.3) is 5.57 Å². The lowest BCUT2D eigenvalue weighted by Crippen LogP contribution is -2.15. The van der Waals surface area contributed by atoms with Crippen molar-refractivity contribution in [2.75, 3.05) is 13.1 Å². The van der Waals surface area contributed by atoms with E-state index in [-0.39, 0.29) is 12.4 Å². The smallest absolute Gasteiger partial charge is 0.104 e. The molecule has 1 atom stereocenters. The maximum absolute atomic E-state index is 10.7. The summed E-state index contributed by atoms with van der Waals surface area (Å²) in [6.45, 7) is 3.97. The van der Waals surface area contributed by atoms with Gasteiger partial charge in [-0.05, 0) is 29.7 Å². The normalized spacial score (nSPS) is 12.5. The van der Waals surface area contributed by atoms with Crippen LogP contribution in [0, 0.1) is 0 Å². The Bertz CT molecular complexity index is 569. The fourth-order valence-corrected chi connectivity index (χ4v) is 2.42. The summed E-state index contributed by atoms with van der Waals surface area (Å²) in [5.41, 5.74) is 2.94. The van der Waals surface area contributed by atoms with Crippen LogP contribution in [-0.4, -0.2) is 18.2 Å². The summed E-state index contributed by atoms with van der Waals surface area (Å²) in [4.78, 5) is 0. The molecule has 2 N–H and O–H groups in total. The van der Waals surface area contributed by atoms with Gasteiger partial charge in [-0.3, -0.25) is 0 Å². The lowest BCUT2D eigenvalue weighted by Gasteiger charge is -2.16. The lowest BCUT2D eigenvalue weighted by molar-refractivity contribution is 0.238. The summed E-state index contributed by atoms with van der Waals surface area (Å²) < 4.78 is 0. The minimum Gasteiger partial charge on any atom is -0.384 e. The number of benzene rings is 2.